The molecular formula is C12H23N3O. The minimum Gasteiger partial charge on any atom is -0.355 e. The highest BCUT2D eigenvalue weighted by Gasteiger charge is 2.16. The summed E-state index contributed by atoms with van der Waals surface area (Å²) in [6.07, 6.45) is 1.81. The van der Waals surface area contributed by atoms with E-state index in [4.69, 9.17) is 5.26 Å². The zero-order chi connectivity index (χ0) is 12.6. The van der Waals surface area contributed by atoms with Crippen LogP contribution in [-0.2, 0) is 4.79 Å². The van der Waals surface area contributed by atoms with Crippen LogP contribution >= 0.6 is 0 Å². The standard InChI is InChI=1S/C12H23N3O/c1-5-14-11(16)9-15(4)8-6-7-12(2,3)10-13/h5-9H2,1-4H3,(H,14,16). The summed E-state index contributed by atoms with van der Waals surface area (Å²) in [6.45, 7) is 7.75. The predicted molar refractivity (Wildman–Crippen MR) is 64.8 cm³/mol. The van der Waals surface area contributed by atoms with Crippen molar-refractivity contribution in [2.45, 2.75) is 33.6 Å². The minimum absolute atomic E-state index is 0.0598. The van der Waals surface area contributed by atoms with Gasteiger partial charge in [0.2, 0.25) is 5.91 Å². The van der Waals surface area contributed by atoms with Crippen molar-refractivity contribution in [1.29, 1.82) is 5.26 Å². The molecule has 0 aliphatic rings. The largest absolute Gasteiger partial charge is 0.355 e. The Morgan fingerprint density at radius 3 is 2.62 bits per heavy atom. The predicted octanol–water partition coefficient (Wildman–Crippen LogP) is 1.38. The molecule has 0 aliphatic carbocycles. The summed E-state index contributed by atoms with van der Waals surface area (Å²) in [6, 6.07) is 2.28. The second-order valence-corrected chi connectivity index (χ2v) is 4.79. The molecule has 1 amide bonds. The van der Waals surface area contributed by atoms with Gasteiger partial charge in [0, 0.05) is 6.54 Å². The van der Waals surface area contributed by atoms with Crippen molar-refractivity contribution in [2.24, 2.45) is 5.41 Å². The van der Waals surface area contributed by atoms with Gasteiger partial charge in [-0.05, 0) is 47.2 Å². The van der Waals surface area contributed by atoms with Crippen molar-refractivity contribution in [1.82, 2.24) is 10.2 Å². The first-order valence-corrected chi connectivity index (χ1v) is 5.78. The number of likely N-dealkylation sites (N-methyl/N-ethyl adjacent to an activating group) is 2. The molecule has 0 fully saturated rings. The van der Waals surface area contributed by atoms with E-state index in [0.717, 1.165) is 19.4 Å². The van der Waals surface area contributed by atoms with Crippen LogP contribution < -0.4 is 5.32 Å². The van der Waals surface area contributed by atoms with Gasteiger partial charge in [-0.1, -0.05) is 0 Å². The fraction of sp³-hybridized carbons (Fsp3) is 0.833. The van der Waals surface area contributed by atoms with Crippen LogP contribution in [0.5, 0.6) is 0 Å². The van der Waals surface area contributed by atoms with Crippen LogP contribution in [0, 0.1) is 16.7 Å². The van der Waals surface area contributed by atoms with E-state index in [9.17, 15) is 4.79 Å². The van der Waals surface area contributed by atoms with E-state index in [1.807, 2.05) is 32.7 Å². The molecule has 0 spiro atoms. The topological polar surface area (TPSA) is 56.1 Å². The number of hydrogen-bond acceptors (Lipinski definition) is 3. The van der Waals surface area contributed by atoms with Crippen LogP contribution in [0.15, 0.2) is 0 Å². The van der Waals surface area contributed by atoms with Gasteiger partial charge in [-0.25, -0.2) is 0 Å². The Hall–Kier alpha value is -1.08. The summed E-state index contributed by atoms with van der Waals surface area (Å²) in [5.41, 5.74) is -0.257. The number of carbonyl (C=O) groups is 1. The Morgan fingerprint density at radius 1 is 1.50 bits per heavy atom. The van der Waals surface area contributed by atoms with E-state index in [1.54, 1.807) is 0 Å². The smallest absolute Gasteiger partial charge is 0.234 e. The van der Waals surface area contributed by atoms with Crippen LogP contribution in [0.4, 0.5) is 0 Å². The number of rotatable bonds is 7. The zero-order valence-corrected chi connectivity index (χ0v) is 10.8. The Balaban J connectivity index is 3.71. The SMILES string of the molecule is CCNC(=O)CN(C)CCCC(C)(C)C#N. The van der Waals surface area contributed by atoms with E-state index >= 15 is 0 Å². The van der Waals surface area contributed by atoms with E-state index in [1.165, 1.54) is 0 Å². The Labute approximate surface area is 98.6 Å². The second-order valence-electron chi connectivity index (χ2n) is 4.79. The van der Waals surface area contributed by atoms with Crippen LogP contribution in [-0.4, -0.2) is 37.5 Å². The Kier molecular flexibility index (Phi) is 6.75. The van der Waals surface area contributed by atoms with Gasteiger partial charge in [0.25, 0.3) is 0 Å². The fourth-order valence-electron chi connectivity index (χ4n) is 1.42. The maximum atomic E-state index is 11.3. The molecule has 0 radical (unpaired) electrons. The monoisotopic (exact) mass is 225 g/mol. The molecule has 1 N–H and O–H groups in total. The zero-order valence-electron chi connectivity index (χ0n) is 10.8. The molecule has 0 aromatic heterocycles. The summed E-state index contributed by atoms with van der Waals surface area (Å²) < 4.78 is 0. The molecule has 4 nitrogen and oxygen atoms in total. The lowest BCUT2D eigenvalue weighted by Crippen LogP contribution is -2.35. The quantitative estimate of drug-likeness (QED) is 0.712. The first-order valence-electron chi connectivity index (χ1n) is 5.78. The van der Waals surface area contributed by atoms with Crippen LogP contribution in [0.3, 0.4) is 0 Å². The molecule has 4 heteroatoms. The molecule has 0 aliphatic heterocycles. The molecule has 0 atom stereocenters. The van der Waals surface area contributed by atoms with Gasteiger partial charge in [0.1, 0.15) is 0 Å². The number of nitrogens with zero attached hydrogens (tertiary/aromatic N) is 2. The summed E-state index contributed by atoms with van der Waals surface area (Å²) >= 11 is 0. The number of amides is 1. The van der Waals surface area contributed by atoms with E-state index in [-0.39, 0.29) is 11.3 Å². The van der Waals surface area contributed by atoms with Gasteiger partial charge in [0.15, 0.2) is 0 Å². The van der Waals surface area contributed by atoms with E-state index in [2.05, 4.69) is 11.4 Å². The lowest BCUT2D eigenvalue weighted by atomic mass is 9.90. The number of nitriles is 1. The number of nitrogens with one attached hydrogen (secondary N) is 1. The average Bonchev–Trinajstić information content (AvgIpc) is 2.17. The normalized spacial score (nSPS) is 11.2. The van der Waals surface area contributed by atoms with Crippen molar-refractivity contribution in [2.75, 3.05) is 26.7 Å². The van der Waals surface area contributed by atoms with Gasteiger partial charge in [-0.2, -0.15) is 5.26 Å². The van der Waals surface area contributed by atoms with Gasteiger partial charge in [-0.3, -0.25) is 9.69 Å². The third-order valence-corrected chi connectivity index (χ3v) is 2.43. The van der Waals surface area contributed by atoms with Gasteiger partial charge < -0.3 is 5.32 Å². The number of hydrogen-bond donors (Lipinski definition) is 1. The molecule has 0 bridgehead atoms. The van der Waals surface area contributed by atoms with Crippen LogP contribution in [0.25, 0.3) is 0 Å². The molecular weight excluding hydrogens is 202 g/mol. The average molecular weight is 225 g/mol. The van der Waals surface area contributed by atoms with E-state index < -0.39 is 0 Å². The molecule has 92 valence electrons. The molecule has 0 rings (SSSR count). The summed E-state index contributed by atoms with van der Waals surface area (Å²) in [4.78, 5) is 13.2. The van der Waals surface area contributed by atoms with E-state index in [0.29, 0.717) is 13.1 Å². The lowest BCUT2D eigenvalue weighted by molar-refractivity contribution is -0.121. The Bertz CT molecular complexity index is 255. The summed E-state index contributed by atoms with van der Waals surface area (Å²) in [5, 5.41) is 11.6. The summed E-state index contributed by atoms with van der Waals surface area (Å²) in [7, 11) is 1.93. The second kappa shape index (κ2) is 7.24. The molecule has 0 saturated heterocycles. The first kappa shape index (κ1) is 14.9. The molecule has 0 saturated carbocycles. The molecule has 0 aromatic rings. The van der Waals surface area contributed by atoms with Crippen LogP contribution in [0.1, 0.15) is 33.6 Å². The maximum absolute atomic E-state index is 11.3. The third-order valence-electron chi connectivity index (χ3n) is 2.43. The minimum atomic E-state index is -0.257. The fourth-order valence-corrected chi connectivity index (χ4v) is 1.42. The van der Waals surface area contributed by atoms with Crippen molar-refractivity contribution in [3.63, 3.8) is 0 Å². The molecule has 0 unspecified atom stereocenters. The maximum Gasteiger partial charge on any atom is 0.234 e. The molecule has 16 heavy (non-hydrogen) atoms. The summed E-state index contributed by atoms with van der Waals surface area (Å²) in [5.74, 6) is 0.0598. The van der Waals surface area contributed by atoms with Crippen molar-refractivity contribution < 1.29 is 4.79 Å². The van der Waals surface area contributed by atoms with Crippen molar-refractivity contribution >= 4 is 5.91 Å². The molecule has 0 aromatic carbocycles. The van der Waals surface area contributed by atoms with Gasteiger partial charge in [0.05, 0.1) is 18.0 Å². The highest BCUT2D eigenvalue weighted by atomic mass is 16.1. The third kappa shape index (κ3) is 7.24. The highest BCUT2D eigenvalue weighted by Crippen LogP contribution is 2.20. The highest BCUT2D eigenvalue weighted by molar-refractivity contribution is 5.77. The number of carbonyl (C=O) groups excluding carboxylic acids is 1. The first-order chi connectivity index (χ1) is 7.41. The Morgan fingerprint density at radius 2 is 2.12 bits per heavy atom. The van der Waals surface area contributed by atoms with Crippen LogP contribution in [0.2, 0.25) is 0 Å². The van der Waals surface area contributed by atoms with Crippen molar-refractivity contribution in [3.8, 4) is 6.07 Å². The van der Waals surface area contributed by atoms with Gasteiger partial charge >= 0.3 is 0 Å². The lowest BCUT2D eigenvalue weighted by Gasteiger charge is -2.19. The van der Waals surface area contributed by atoms with Crippen molar-refractivity contribution in [3.05, 3.63) is 0 Å². The molecule has 0 heterocycles. The van der Waals surface area contributed by atoms with Gasteiger partial charge in [-0.15, -0.1) is 0 Å².